The van der Waals surface area contributed by atoms with Gasteiger partial charge in [-0.15, -0.1) is 0 Å². The van der Waals surface area contributed by atoms with Gasteiger partial charge in [0.15, 0.2) is 0 Å². The molecule has 0 fully saturated rings. The van der Waals surface area contributed by atoms with Crippen molar-refractivity contribution >= 4 is 69.9 Å². The van der Waals surface area contributed by atoms with Crippen LogP contribution in [0.5, 0.6) is 5.75 Å². The van der Waals surface area contributed by atoms with Crippen LogP contribution < -0.4 is 38.1 Å². The highest BCUT2D eigenvalue weighted by atomic mass is 32.2. The summed E-state index contributed by atoms with van der Waals surface area (Å²) in [4.78, 5) is 83.9. The Bertz CT molecular complexity index is 1840. The van der Waals surface area contributed by atoms with E-state index in [2.05, 4.69) is 31.6 Å². The van der Waals surface area contributed by atoms with E-state index in [1.165, 1.54) is 35.7 Å². The first-order valence-electron chi connectivity index (χ1n) is 19.7. The number of carbonyl (C=O) groups is 6. The lowest BCUT2D eigenvalue weighted by atomic mass is 10.0. The number of aromatic hydroxyl groups is 1. The van der Waals surface area contributed by atoms with Crippen molar-refractivity contribution in [3.05, 3.63) is 65.9 Å². The van der Waals surface area contributed by atoms with Crippen molar-refractivity contribution < 1.29 is 39.0 Å². The van der Waals surface area contributed by atoms with Crippen LogP contribution in [0.15, 0.2) is 54.7 Å². The summed E-state index contributed by atoms with van der Waals surface area (Å²) in [6, 6.07) is 6.98. The molecule has 0 spiro atoms. The number of nitrogens with one attached hydrogen (secondary N) is 6. The Balaban J connectivity index is 1.84. The number of carbonyl (C=O) groups excluding carboxylic acids is 5. The quantitative estimate of drug-likeness (QED) is 0.0518. The second-order valence-electron chi connectivity index (χ2n) is 14.7. The van der Waals surface area contributed by atoms with Gasteiger partial charge in [-0.05, 0) is 104 Å². The maximum atomic E-state index is 14.2. The van der Waals surface area contributed by atoms with E-state index in [1.54, 1.807) is 32.2 Å². The molecule has 1 aromatic heterocycles. The smallest absolute Gasteiger partial charge is 0.326 e. The molecule has 0 bridgehead atoms. The minimum atomic E-state index is -1.25. The first kappa shape index (κ1) is 48.6. The predicted molar refractivity (Wildman–Crippen MR) is 233 cm³/mol. The van der Waals surface area contributed by atoms with Gasteiger partial charge < -0.3 is 53.2 Å². The van der Waals surface area contributed by atoms with Crippen molar-refractivity contribution in [2.75, 3.05) is 30.6 Å². The fraction of sp³-hybridized carbons (Fsp3) is 0.512. The van der Waals surface area contributed by atoms with Crippen LogP contribution in [-0.2, 0) is 41.6 Å². The molecular weight excluding hydrogens is 797 g/mol. The number of H-pyrrole nitrogens is 1. The number of aromatic amines is 1. The van der Waals surface area contributed by atoms with Crippen LogP contribution in [-0.4, -0.2) is 118 Å². The number of carboxylic acids is 1. The molecule has 0 radical (unpaired) electrons. The summed E-state index contributed by atoms with van der Waals surface area (Å²) in [5.74, 6) is -3.91. The molecule has 0 aliphatic heterocycles. The first-order chi connectivity index (χ1) is 28.2. The van der Waals surface area contributed by atoms with Crippen molar-refractivity contribution in [1.29, 1.82) is 0 Å². The molecule has 6 unspecified atom stereocenters. The molecule has 0 saturated carbocycles. The van der Waals surface area contributed by atoms with Crippen LogP contribution in [0.1, 0.15) is 57.1 Å². The molecule has 5 amide bonds. The lowest BCUT2D eigenvalue weighted by Crippen LogP contribution is -2.60. The Kier molecular flexibility index (Phi) is 20.6. The van der Waals surface area contributed by atoms with Gasteiger partial charge in [0, 0.05) is 23.5 Å². The first-order valence-corrected chi connectivity index (χ1v) is 22.5. The normalized spacial score (nSPS) is 14.4. The summed E-state index contributed by atoms with van der Waals surface area (Å²) in [6.07, 6.45) is 7.26. The Morgan fingerprint density at radius 3 is 1.88 bits per heavy atom. The van der Waals surface area contributed by atoms with Gasteiger partial charge in [0.05, 0.1) is 6.04 Å². The summed E-state index contributed by atoms with van der Waals surface area (Å²) < 4.78 is 0. The van der Waals surface area contributed by atoms with E-state index < -0.39 is 77.7 Å². The van der Waals surface area contributed by atoms with Crippen LogP contribution in [0.3, 0.4) is 0 Å². The maximum Gasteiger partial charge on any atom is 0.326 e. The second-order valence-corrected chi connectivity index (χ2v) is 16.7. The van der Waals surface area contributed by atoms with Gasteiger partial charge in [-0.1, -0.05) is 44.2 Å². The van der Waals surface area contributed by atoms with Gasteiger partial charge in [0.1, 0.15) is 36.0 Å². The number of phenolic OH excluding ortho intramolecular Hbond substituents is 1. The van der Waals surface area contributed by atoms with E-state index in [-0.39, 0.29) is 37.9 Å². The molecule has 0 saturated heterocycles. The number of amides is 5. The summed E-state index contributed by atoms with van der Waals surface area (Å²) in [7, 11) is 0. The van der Waals surface area contributed by atoms with E-state index in [4.69, 9.17) is 11.5 Å². The maximum absolute atomic E-state index is 14.2. The number of hydrogen-bond donors (Lipinski definition) is 10. The van der Waals surface area contributed by atoms with Gasteiger partial charge in [-0.3, -0.25) is 24.0 Å². The van der Waals surface area contributed by atoms with Crippen molar-refractivity contribution in [2.24, 2.45) is 17.4 Å². The van der Waals surface area contributed by atoms with Crippen LogP contribution in [0, 0.1) is 5.92 Å². The fourth-order valence-electron chi connectivity index (χ4n) is 6.34. The monoisotopic (exact) mass is 856 g/mol. The second kappa shape index (κ2) is 25.0. The Morgan fingerprint density at radius 2 is 1.25 bits per heavy atom. The number of phenols is 1. The number of unbranched alkanes of at least 4 members (excludes halogenated alkanes) is 1. The number of benzene rings is 2. The molecule has 59 heavy (non-hydrogen) atoms. The molecule has 16 nitrogen and oxygen atoms in total. The van der Waals surface area contributed by atoms with Crippen LogP contribution >= 0.6 is 23.5 Å². The largest absolute Gasteiger partial charge is 0.508 e. The number of hydrogen-bond acceptors (Lipinski definition) is 11. The van der Waals surface area contributed by atoms with E-state index in [9.17, 15) is 39.0 Å². The fourth-order valence-corrected chi connectivity index (χ4v) is 7.28. The molecule has 12 N–H and O–H groups in total. The molecule has 324 valence electrons. The van der Waals surface area contributed by atoms with Gasteiger partial charge >= 0.3 is 5.97 Å². The van der Waals surface area contributed by atoms with E-state index in [0.29, 0.717) is 36.5 Å². The topological polar surface area (TPSA) is 271 Å². The van der Waals surface area contributed by atoms with Gasteiger partial charge in [-0.2, -0.15) is 23.5 Å². The number of carboxylic acid groups (broad SMARTS) is 1. The number of aromatic nitrogens is 1. The van der Waals surface area contributed by atoms with Crippen LogP contribution in [0.2, 0.25) is 0 Å². The Morgan fingerprint density at radius 1 is 0.695 bits per heavy atom. The summed E-state index contributed by atoms with van der Waals surface area (Å²) in [6.45, 7) is 3.78. The van der Waals surface area contributed by atoms with Crippen LogP contribution in [0.25, 0.3) is 10.9 Å². The zero-order valence-electron chi connectivity index (χ0n) is 34.1. The molecule has 3 rings (SSSR count). The zero-order chi connectivity index (χ0) is 43.5. The van der Waals surface area contributed by atoms with Gasteiger partial charge in [0.25, 0.3) is 0 Å². The van der Waals surface area contributed by atoms with Crippen molar-refractivity contribution in [3.63, 3.8) is 0 Å². The number of nitrogens with two attached hydrogens (primary N) is 2. The van der Waals surface area contributed by atoms with Gasteiger partial charge in [-0.25, -0.2) is 4.79 Å². The number of rotatable bonds is 26. The Labute approximate surface area is 353 Å². The van der Waals surface area contributed by atoms with Gasteiger partial charge in [0.2, 0.25) is 29.5 Å². The van der Waals surface area contributed by atoms with Crippen LogP contribution in [0.4, 0.5) is 0 Å². The molecule has 0 aliphatic rings. The highest BCUT2D eigenvalue weighted by Gasteiger charge is 2.34. The minimum absolute atomic E-state index is 0.00177. The minimum Gasteiger partial charge on any atom is -0.508 e. The number of thioether (sulfide) groups is 2. The molecule has 18 heteroatoms. The third-order valence-corrected chi connectivity index (χ3v) is 11.0. The summed E-state index contributed by atoms with van der Waals surface area (Å²) in [5, 5.41) is 34.1. The highest BCUT2D eigenvalue weighted by molar-refractivity contribution is 7.98. The molecule has 6 atom stereocenters. The lowest BCUT2D eigenvalue weighted by Gasteiger charge is -2.28. The van der Waals surface area contributed by atoms with E-state index in [1.807, 2.05) is 36.8 Å². The number of para-hydroxylation sites is 1. The molecule has 0 aliphatic carbocycles. The predicted octanol–water partition coefficient (Wildman–Crippen LogP) is 1.79. The molecular formula is C41H60N8O8S2. The van der Waals surface area contributed by atoms with Crippen molar-refractivity contribution in [3.8, 4) is 5.75 Å². The van der Waals surface area contributed by atoms with E-state index in [0.717, 1.165) is 16.5 Å². The van der Waals surface area contributed by atoms with Crippen molar-refractivity contribution in [2.45, 2.75) is 95.0 Å². The summed E-state index contributed by atoms with van der Waals surface area (Å²) >= 11 is 2.88. The lowest BCUT2D eigenvalue weighted by molar-refractivity contribution is -0.142. The van der Waals surface area contributed by atoms with Crippen molar-refractivity contribution in [1.82, 2.24) is 31.6 Å². The number of aliphatic carboxylic acids is 1. The Hall–Kier alpha value is -4.78. The highest BCUT2D eigenvalue weighted by Crippen LogP contribution is 2.19. The number of fused-ring (bicyclic) bond motifs is 1. The third kappa shape index (κ3) is 15.7. The molecule has 3 aromatic rings. The molecule has 1 heterocycles. The third-order valence-electron chi connectivity index (χ3n) is 9.76. The zero-order valence-corrected chi connectivity index (χ0v) is 35.8. The molecule has 2 aromatic carbocycles. The standard InChI is InChI=1S/C41H60N8O8S2/c1-24(2)35(40(55)47-33(41(56)57)17-20-59-4)49-38(53)32(16-19-58-3)46-39(54)34(21-25-12-14-27(50)15-13-25)48-37(52)31(11-7-8-18-42)45-36(51)29(43)22-26-23-44-30-10-6-5-9-28(26)30/h5-6,9-10,12-15,23-24,29,31-35,44,50H,7-8,11,16-22,42-43H2,1-4H3,(H,45,51)(H,46,54)(H,47,55)(H,48,52)(H,49,53)(H,56,57). The SMILES string of the molecule is CSCCC(NC(=O)C(NC(=O)C(CCSC)NC(=O)C(Cc1ccc(O)cc1)NC(=O)C(CCCCN)NC(=O)C(N)Cc1c[nH]c2ccccc12)C(C)C)C(=O)O. The average Bonchev–Trinajstić information content (AvgIpc) is 3.61. The summed E-state index contributed by atoms with van der Waals surface area (Å²) in [5.41, 5.74) is 14.4. The van der Waals surface area contributed by atoms with E-state index >= 15 is 0 Å². The average molecular weight is 857 g/mol.